The molecule has 0 atom stereocenters. The Kier molecular flexibility index (Phi) is 25.7. The van der Waals surface area contributed by atoms with E-state index < -0.39 is 0 Å². The lowest BCUT2D eigenvalue weighted by Gasteiger charge is -2.38. The third-order valence-corrected chi connectivity index (χ3v) is 5.48. The van der Waals surface area contributed by atoms with Crippen LogP contribution in [-0.2, 0) is 0 Å². The summed E-state index contributed by atoms with van der Waals surface area (Å²) in [6.45, 7) is 29.0. The van der Waals surface area contributed by atoms with E-state index in [1.165, 1.54) is 87.0 Å². The van der Waals surface area contributed by atoms with E-state index in [0.717, 1.165) is 0 Å². The molecular weight excluding hydrogens is 290 g/mol. The lowest BCUT2D eigenvalue weighted by Crippen LogP contribution is -2.50. The van der Waals surface area contributed by atoms with Gasteiger partial charge < -0.3 is 8.97 Å². The molecule has 0 aromatic rings. The molecule has 0 aromatic heterocycles. The molecule has 24 heavy (non-hydrogen) atoms. The highest BCUT2D eigenvalue weighted by molar-refractivity contribution is 5.76. The second-order valence-electron chi connectivity index (χ2n) is 6.84. The second kappa shape index (κ2) is 19.4. The molecule has 2 nitrogen and oxygen atoms in total. The molecule has 0 bridgehead atoms. The van der Waals surface area contributed by atoms with Crippen molar-refractivity contribution in [2.24, 2.45) is 0 Å². The minimum absolute atomic E-state index is 0. The maximum atomic E-state index is 2.31. The highest BCUT2D eigenvalue weighted by Crippen LogP contribution is 2.12. The van der Waals surface area contributed by atoms with Gasteiger partial charge in [-0.15, -0.1) is 0 Å². The van der Waals surface area contributed by atoms with Gasteiger partial charge in [0.2, 0.25) is 0 Å². The fourth-order valence-electron chi connectivity index (χ4n) is 3.91. The fourth-order valence-corrected chi connectivity index (χ4v) is 3.91. The van der Waals surface area contributed by atoms with Gasteiger partial charge in [0.05, 0.1) is 52.4 Å². The molecule has 4 heteroatoms. The average molecular weight is 346 g/mol. The van der Waals surface area contributed by atoms with Crippen LogP contribution in [0.3, 0.4) is 0 Å². The molecule has 0 unspecified atom stereocenters. The Hall–Kier alpha value is 0.0499. The Morgan fingerprint density at radius 2 is 0.583 bits per heavy atom. The van der Waals surface area contributed by atoms with Gasteiger partial charge in [-0.3, -0.25) is 0 Å². The van der Waals surface area contributed by atoms with Crippen LogP contribution in [0.25, 0.3) is 0 Å². The zero-order valence-electron chi connectivity index (χ0n) is 17.4. The van der Waals surface area contributed by atoms with E-state index in [2.05, 4.69) is 55.4 Å². The molecule has 0 aromatic carbocycles. The molecule has 0 radical (unpaired) electrons. The molecule has 0 aliphatic heterocycles. The molecule has 0 amide bonds. The van der Waals surface area contributed by atoms with Crippen LogP contribution in [0.5, 0.6) is 0 Å². The quantitative estimate of drug-likeness (QED) is 0.376. The van der Waals surface area contributed by atoms with Gasteiger partial charge in [-0.25, -0.2) is 0 Å². The molecule has 0 aliphatic rings. The molecule has 152 valence electrons. The zero-order valence-corrected chi connectivity index (χ0v) is 17.4. The minimum Gasteiger partial charge on any atom is -0.325 e. The third kappa shape index (κ3) is 12.4. The number of hydrogen-bond acceptors (Lipinski definition) is 0. The van der Waals surface area contributed by atoms with Gasteiger partial charge in [0.25, 0.3) is 0 Å². The summed E-state index contributed by atoms with van der Waals surface area (Å²) in [5.41, 5.74) is 0. The van der Waals surface area contributed by atoms with E-state index in [1.54, 1.807) is 0 Å². The molecule has 0 aliphatic carbocycles. The summed E-state index contributed by atoms with van der Waals surface area (Å²) in [7, 11) is 0. The summed E-state index contributed by atoms with van der Waals surface area (Å²) in [6.07, 6.45) is 5.33. The van der Waals surface area contributed by atoms with Crippen molar-refractivity contribution in [2.75, 3.05) is 52.4 Å². The van der Waals surface area contributed by atoms with Gasteiger partial charge in [-0.1, -0.05) is 44.5 Å². The van der Waals surface area contributed by atoms with Gasteiger partial charge in [-0.2, -0.15) is 0 Å². The van der Waals surface area contributed by atoms with Gasteiger partial charge in [0.1, 0.15) is 0 Å². The summed E-state index contributed by atoms with van der Waals surface area (Å²) in [6, 6.07) is 0. The molecule has 0 N–H and O–H groups in total. The third-order valence-electron chi connectivity index (χ3n) is 5.48. The number of hydrogen-bond donors (Lipinski definition) is 0. The Morgan fingerprint density at radius 3 is 0.667 bits per heavy atom. The predicted octanol–water partition coefficient (Wildman–Crippen LogP) is 2.42. The topological polar surface area (TPSA) is 0 Å². The van der Waals surface area contributed by atoms with E-state index in [9.17, 15) is 0 Å². The smallest absolute Gasteiger partial charge is 0.0783 e. The van der Waals surface area contributed by atoms with E-state index in [0.29, 0.717) is 0 Å². The summed E-state index contributed by atoms with van der Waals surface area (Å²) in [5, 5.41) is 0. The van der Waals surface area contributed by atoms with E-state index in [-0.39, 0.29) is 16.8 Å². The standard InChI is InChI=1S/C12H28N.C8H20N.2BH4/c1-5-9-13(10-6-2,11-7-3)12-8-4;1-5-9(6-2,7-3)8-4;;/h5-12H2,1-4H3;5-8H2,1-4H3;2*1H4/q2*+1;2*-1. The first-order valence-electron chi connectivity index (χ1n) is 10.2. The van der Waals surface area contributed by atoms with Crippen molar-refractivity contribution < 1.29 is 8.97 Å². The maximum absolute atomic E-state index is 2.31. The monoisotopic (exact) mass is 346 g/mol. The average Bonchev–Trinajstić information content (AvgIpc) is 2.52. The first-order valence-corrected chi connectivity index (χ1v) is 10.2. The molecule has 0 rings (SSSR count). The van der Waals surface area contributed by atoms with E-state index >= 15 is 0 Å². The summed E-state index contributed by atoms with van der Waals surface area (Å²) >= 11 is 0. The molecule has 0 heterocycles. The lowest BCUT2D eigenvalue weighted by molar-refractivity contribution is -0.928. The van der Waals surface area contributed by atoms with Gasteiger partial charge >= 0.3 is 0 Å². The van der Waals surface area contributed by atoms with Crippen molar-refractivity contribution in [3.63, 3.8) is 0 Å². The van der Waals surface area contributed by atoms with Crippen molar-refractivity contribution >= 4 is 16.8 Å². The van der Waals surface area contributed by atoms with Gasteiger partial charge in [-0.05, 0) is 53.4 Å². The SMILES string of the molecule is CCC[N+](CCC)(CCC)CCC.CC[N+](CC)(CC)CC.[BH4-].[BH4-]. The summed E-state index contributed by atoms with van der Waals surface area (Å²) in [4.78, 5) is 0. The molecule has 0 saturated heterocycles. The fraction of sp³-hybridized carbons (Fsp3) is 1.00. The first-order chi connectivity index (χ1) is 10.5. The molecule has 0 saturated carbocycles. The minimum atomic E-state index is 0. The first kappa shape index (κ1) is 31.8. The van der Waals surface area contributed by atoms with Crippen molar-refractivity contribution in [1.29, 1.82) is 0 Å². The zero-order chi connectivity index (χ0) is 17.5. The Morgan fingerprint density at radius 1 is 0.375 bits per heavy atom. The van der Waals surface area contributed by atoms with Crippen molar-refractivity contribution in [2.45, 2.75) is 81.1 Å². The van der Waals surface area contributed by atoms with Crippen molar-refractivity contribution in [3.05, 3.63) is 0 Å². The predicted molar refractivity (Wildman–Crippen MR) is 126 cm³/mol. The van der Waals surface area contributed by atoms with Crippen LogP contribution in [-0.4, -0.2) is 78.2 Å². The number of nitrogens with zero attached hydrogens (tertiary/aromatic N) is 2. The summed E-state index contributed by atoms with van der Waals surface area (Å²) in [5.74, 6) is 0. The van der Waals surface area contributed by atoms with Crippen LogP contribution < -0.4 is 0 Å². The van der Waals surface area contributed by atoms with Crippen LogP contribution in [0.4, 0.5) is 0 Å². The van der Waals surface area contributed by atoms with Crippen LogP contribution in [0.15, 0.2) is 0 Å². The Balaban J connectivity index is -0.000000162. The molecule has 0 fully saturated rings. The lowest BCUT2D eigenvalue weighted by atomic mass is 10.2. The highest BCUT2D eigenvalue weighted by atomic mass is 15.3. The van der Waals surface area contributed by atoms with Crippen LogP contribution in [0, 0.1) is 0 Å². The van der Waals surface area contributed by atoms with Crippen molar-refractivity contribution in [3.8, 4) is 0 Å². The van der Waals surface area contributed by atoms with Gasteiger partial charge in [0.15, 0.2) is 0 Å². The Labute approximate surface area is 159 Å². The normalized spacial score (nSPS) is 11.0. The Bertz CT molecular complexity index is 185. The molecular formula is C20H56B2N2. The number of rotatable bonds is 12. The largest absolute Gasteiger partial charge is 0.325 e. The van der Waals surface area contributed by atoms with E-state index in [4.69, 9.17) is 0 Å². The maximum Gasteiger partial charge on any atom is 0.0783 e. The van der Waals surface area contributed by atoms with Crippen molar-refractivity contribution in [1.82, 2.24) is 0 Å². The highest BCUT2D eigenvalue weighted by Gasteiger charge is 2.22. The van der Waals surface area contributed by atoms with Gasteiger partial charge in [0, 0.05) is 0 Å². The molecule has 0 spiro atoms. The van der Waals surface area contributed by atoms with Crippen LogP contribution in [0.1, 0.15) is 81.1 Å². The second-order valence-corrected chi connectivity index (χ2v) is 6.84. The number of quaternary nitrogens is 2. The van der Waals surface area contributed by atoms with Crippen LogP contribution >= 0.6 is 0 Å². The summed E-state index contributed by atoms with van der Waals surface area (Å²) < 4.78 is 2.65. The van der Waals surface area contributed by atoms with E-state index in [1.807, 2.05) is 0 Å². The van der Waals surface area contributed by atoms with Crippen LogP contribution in [0.2, 0.25) is 0 Å².